The fourth-order valence-electron chi connectivity index (χ4n) is 1.68. The van der Waals surface area contributed by atoms with Gasteiger partial charge in [0.2, 0.25) is 0 Å². The van der Waals surface area contributed by atoms with Crippen molar-refractivity contribution < 1.29 is 9.18 Å². The molecule has 0 bridgehead atoms. The lowest BCUT2D eigenvalue weighted by Crippen LogP contribution is -2.15. The number of nitrogens with one attached hydrogen (secondary N) is 1. The van der Waals surface area contributed by atoms with E-state index in [2.05, 4.69) is 22.1 Å². The van der Waals surface area contributed by atoms with Gasteiger partial charge >= 0.3 is 0 Å². The Morgan fingerprint density at radius 2 is 2.19 bits per heavy atom. The Morgan fingerprint density at radius 1 is 1.38 bits per heavy atom. The Bertz CT molecular complexity index is 715. The van der Waals surface area contributed by atoms with Gasteiger partial charge in [-0.05, 0) is 36.8 Å². The largest absolute Gasteiger partial charge is 0.320 e. The molecule has 1 aromatic carbocycles. The first-order valence-electron chi connectivity index (χ1n) is 6.32. The van der Waals surface area contributed by atoms with Crippen LogP contribution in [0.1, 0.15) is 21.5 Å². The van der Waals surface area contributed by atoms with E-state index in [1.54, 1.807) is 12.3 Å². The summed E-state index contributed by atoms with van der Waals surface area (Å²) in [6.07, 6.45) is 1.64. The molecule has 106 valence electrons. The molecule has 0 saturated carbocycles. The number of nitrogens with two attached hydrogens (primary N) is 1. The van der Waals surface area contributed by atoms with Crippen molar-refractivity contribution in [3.05, 3.63) is 59.0 Å². The Morgan fingerprint density at radius 3 is 2.86 bits per heavy atom. The normalized spacial score (nSPS) is 9.67. The molecule has 1 amide bonds. The van der Waals surface area contributed by atoms with Crippen LogP contribution < -0.4 is 11.1 Å². The van der Waals surface area contributed by atoms with Crippen LogP contribution in [-0.4, -0.2) is 17.4 Å². The fourth-order valence-corrected chi connectivity index (χ4v) is 1.68. The van der Waals surface area contributed by atoms with Crippen LogP contribution in [0.4, 0.5) is 10.2 Å². The zero-order chi connectivity index (χ0) is 15.2. The highest BCUT2D eigenvalue weighted by molar-refractivity contribution is 6.05. The third kappa shape index (κ3) is 3.88. The minimum Gasteiger partial charge on any atom is -0.320 e. The van der Waals surface area contributed by atoms with Gasteiger partial charge in [-0.25, -0.2) is 9.37 Å². The van der Waals surface area contributed by atoms with E-state index in [1.165, 1.54) is 12.1 Å². The molecule has 5 heteroatoms. The van der Waals surface area contributed by atoms with Gasteiger partial charge in [0.15, 0.2) is 0 Å². The van der Waals surface area contributed by atoms with Gasteiger partial charge in [0.1, 0.15) is 11.6 Å². The van der Waals surface area contributed by atoms with Crippen molar-refractivity contribution in [1.82, 2.24) is 4.98 Å². The number of hydrogen-bond donors (Lipinski definition) is 2. The van der Waals surface area contributed by atoms with Gasteiger partial charge in [-0.3, -0.25) is 4.79 Å². The van der Waals surface area contributed by atoms with Gasteiger partial charge in [0.05, 0.1) is 12.1 Å². The third-order valence-corrected chi connectivity index (χ3v) is 2.70. The predicted octanol–water partition coefficient (Wildman–Crippen LogP) is 2.09. The highest BCUT2D eigenvalue weighted by Crippen LogP contribution is 2.13. The molecule has 0 atom stereocenters. The molecule has 1 heterocycles. The minimum absolute atomic E-state index is 0.151. The summed E-state index contributed by atoms with van der Waals surface area (Å²) in [5.74, 6) is 4.83. The van der Waals surface area contributed by atoms with Crippen LogP contribution in [0.5, 0.6) is 0 Å². The number of pyridine rings is 1. The van der Waals surface area contributed by atoms with E-state index in [0.29, 0.717) is 11.4 Å². The number of aryl methyl sites for hydroxylation is 1. The average Bonchev–Trinajstić information content (AvgIpc) is 2.48. The second-order valence-electron chi connectivity index (χ2n) is 4.37. The number of rotatable bonds is 2. The van der Waals surface area contributed by atoms with Crippen LogP contribution in [0.2, 0.25) is 0 Å². The Labute approximate surface area is 122 Å². The van der Waals surface area contributed by atoms with Gasteiger partial charge in [-0.2, -0.15) is 0 Å². The maximum Gasteiger partial charge on any atom is 0.258 e. The van der Waals surface area contributed by atoms with Gasteiger partial charge in [-0.15, -0.1) is 0 Å². The molecule has 0 aliphatic rings. The number of carbonyl (C=O) groups is 1. The van der Waals surface area contributed by atoms with Gasteiger partial charge in [-0.1, -0.05) is 17.9 Å². The summed E-state index contributed by atoms with van der Waals surface area (Å²) in [6, 6.07) is 7.35. The van der Waals surface area contributed by atoms with Crippen LogP contribution in [-0.2, 0) is 0 Å². The van der Waals surface area contributed by atoms with Crippen LogP contribution in [0, 0.1) is 24.6 Å². The van der Waals surface area contributed by atoms with E-state index in [0.717, 1.165) is 11.6 Å². The summed E-state index contributed by atoms with van der Waals surface area (Å²) in [6.45, 7) is 2.06. The fraction of sp³-hybridized carbons (Fsp3) is 0.125. The first-order valence-corrected chi connectivity index (χ1v) is 6.32. The maximum absolute atomic E-state index is 13.4. The summed E-state index contributed by atoms with van der Waals surface area (Å²) in [4.78, 5) is 16.3. The molecule has 2 rings (SSSR count). The van der Waals surface area contributed by atoms with E-state index < -0.39 is 11.7 Å². The van der Waals surface area contributed by atoms with E-state index in [4.69, 9.17) is 5.73 Å². The predicted molar refractivity (Wildman–Crippen MR) is 79.3 cm³/mol. The highest BCUT2D eigenvalue weighted by atomic mass is 19.1. The lowest BCUT2D eigenvalue weighted by molar-refractivity contribution is 0.102. The lowest BCUT2D eigenvalue weighted by atomic mass is 10.1. The molecule has 3 N–H and O–H groups in total. The molecular formula is C16H14FN3O. The van der Waals surface area contributed by atoms with E-state index in [9.17, 15) is 9.18 Å². The van der Waals surface area contributed by atoms with E-state index >= 15 is 0 Å². The second-order valence-corrected chi connectivity index (χ2v) is 4.37. The Hall–Kier alpha value is -2.71. The topological polar surface area (TPSA) is 68.0 Å². The van der Waals surface area contributed by atoms with Crippen LogP contribution in [0.25, 0.3) is 0 Å². The summed E-state index contributed by atoms with van der Waals surface area (Å²) in [7, 11) is 0. The maximum atomic E-state index is 13.4. The molecule has 0 aliphatic carbocycles. The smallest absolute Gasteiger partial charge is 0.258 e. The number of carbonyl (C=O) groups excluding carboxylic acids is 1. The number of nitrogens with zero attached hydrogens (tertiary/aromatic N) is 1. The zero-order valence-corrected chi connectivity index (χ0v) is 11.5. The molecule has 1 aromatic heterocycles. The quantitative estimate of drug-likeness (QED) is 0.829. The van der Waals surface area contributed by atoms with Gasteiger partial charge in [0.25, 0.3) is 5.91 Å². The summed E-state index contributed by atoms with van der Waals surface area (Å²) >= 11 is 0. The highest BCUT2D eigenvalue weighted by Gasteiger charge is 2.12. The SMILES string of the molecule is Cc1ccc(NC(=O)c2cc(F)ccc2C#CCN)nc1. The van der Waals surface area contributed by atoms with Crippen LogP contribution in [0.15, 0.2) is 36.5 Å². The monoisotopic (exact) mass is 283 g/mol. The molecule has 0 aliphatic heterocycles. The molecule has 0 unspecified atom stereocenters. The van der Waals surface area contributed by atoms with Crippen molar-refractivity contribution in [2.75, 3.05) is 11.9 Å². The van der Waals surface area contributed by atoms with Crippen molar-refractivity contribution >= 4 is 11.7 Å². The van der Waals surface area contributed by atoms with Crippen molar-refractivity contribution in [3.63, 3.8) is 0 Å². The van der Waals surface area contributed by atoms with Crippen molar-refractivity contribution in [3.8, 4) is 11.8 Å². The number of anilines is 1. The number of benzene rings is 1. The molecule has 4 nitrogen and oxygen atoms in total. The van der Waals surface area contributed by atoms with E-state index in [-0.39, 0.29) is 12.1 Å². The number of amides is 1. The molecule has 21 heavy (non-hydrogen) atoms. The zero-order valence-electron chi connectivity index (χ0n) is 11.5. The number of halogens is 1. The minimum atomic E-state index is -0.504. The molecule has 0 radical (unpaired) electrons. The van der Waals surface area contributed by atoms with Crippen molar-refractivity contribution in [2.24, 2.45) is 5.73 Å². The second kappa shape index (κ2) is 6.64. The van der Waals surface area contributed by atoms with E-state index in [1.807, 2.05) is 13.0 Å². The molecule has 0 spiro atoms. The van der Waals surface area contributed by atoms with Gasteiger partial charge < -0.3 is 11.1 Å². The summed E-state index contributed by atoms with van der Waals surface area (Å²) < 4.78 is 13.4. The van der Waals surface area contributed by atoms with Crippen molar-refractivity contribution in [1.29, 1.82) is 0 Å². The molecule has 2 aromatic rings. The van der Waals surface area contributed by atoms with Crippen LogP contribution in [0.3, 0.4) is 0 Å². The average molecular weight is 283 g/mol. The molecule has 0 saturated heterocycles. The Kier molecular flexibility index (Phi) is 4.64. The lowest BCUT2D eigenvalue weighted by Gasteiger charge is -2.07. The number of hydrogen-bond acceptors (Lipinski definition) is 3. The standard InChI is InChI=1S/C16H14FN3O/c1-11-4-7-15(19-10-11)20-16(21)14-9-13(17)6-5-12(14)3-2-8-18/h4-7,9-10H,8,18H2,1H3,(H,19,20,21). The van der Waals surface area contributed by atoms with Crippen LogP contribution >= 0.6 is 0 Å². The number of aromatic nitrogens is 1. The Balaban J connectivity index is 2.29. The first-order chi connectivity index (χ1) is 10.1. The van der Waals surface area contributed by atoms with Crippen molar-refractivity contribution in [2.45, 2.75) is 6.92 Å². The van der Waals surface area contributed by atoms with Gasteiger partial charge in [0, 0.05) is 11.8 Å². The molecule has 0 fully saturated rings. The third-order valence-electron chi connectivity index (χ3n) is 2.70. The molecular weight excluding hydrogens is 269 g/mol. The summed E-state index contributed by atoms with van der Waals surface area (Å²) in [5.41, 5.74) is 6.87. The summed E-state index contributed by atoms with van der Waals surface area (Å²) in [5, 5.41) is 2.61. The first kappa shape index (κ1) is 14.7.